The summed E-state index contributed by atoms with van der Waals surface area (Å²) in [5.74, 6) is 1.08. The average molecular weight is 289 g/mol. The number of nitrogens with zero attached hydrogens (tertiary/aromatic N) is 2. The van der Waals surface area contributed by atoms with Crippen molar-refractivity contribution in [3.63, 3.8) is 0 Å². The Kier molecular flexibility index (Phi) is 5.68. The highest BCUT2D eigenvalue weighted by molar-refractivity contribution is 7.99. The summed E-state index contributed by atoms with van der Waals surface area (Å²) < 4.78 is 1.95. The van der Waals surface area contributed by atoms with Crippen LogP contribution in [0.5, 0.6) is 0 Å². The number of aryl methyl sites for hydroxylation is 2. The van der Waals surface area contributed by atoms with Crippen LogP contribution in [0.25, 0.3) is 0 Å². The molecule has 4 heteroatoms. The highest BCUT2D eigenvalue weighted by atomic mass is 32.2. The molecule has 0 bridgehead atoms. The van der Waals surface area contributed by atoms with E-state index in [-0.39, 0.29) is 0 Å². The van der Waals surface area contributed by atoms with Crippen molar-refractivity contribution in [2.24, 2.45) is 7.05 Å². The quantitative estimate of drug-likeness (QED) is 0.792. The summed E-state index contributed by atoms with van der Waals surface area (Å²) in [5, 5.41) is 7.65. The van der Waals surface area contributed by atoms with E-state index in [1.54, 1.807) is 0 Å². The molecule has 0 aliphatic carbocycles. The van der Waals surface area contributed by atoms with E-state index in [1.807, 2.05) is 29.7 Å². The van der Waals surface area contributed by atoms with Crippen LogP contribution in [0.15, 0.2) is 41.4 Å². The van der Waals surface area contributed by atoms with Gasteiger partial charge in [0.2, 0.25) is 0 Å². The van der Waals surface area contributed by atoms with Crippen molar-refractivity contribution in [2.45, 2.75) is 31.2 Å². The second-order valence-corrected chi connectivity index (χ2v) is 6.06. The van der Waals surface area contributed by atoms with Crippen LogP contribution in [-0.4, -0.2) is 22.1 Å². The second-order valence-electron chi connectivity index (χ2n) is 4.90. The molecule has 20 heavy (non-hydrogen) atoms. The third kappa shape index (κ3) is 4.12. The third-order valence-electron chi connectivity index (χ3n) is 3.42. The summed E-state index contributed by atoms with van der Waals surface area (Å²) in [6, 6.07) is 11.3. The first kappa shape index (κ1) is 15.1. The van der Waals surface area contributed by atoms with Crippen molar-refractivity contribution >= 4 is 11.8 Å². The molecular formula is C16H23N3S. The van der Waals surface area contributed by atoms with Gasteiger partial charge in [0, 0.05) is 35.6 Å². The van der Waals surface area contributed by atoms with Gasteiger partial charge in [-0.1, -0.05) is 19.1 Å². The molecule has 1 unspecified atom stereocenters. The Morgan fingerprint density at radius 2 is 2.20 bits per heavy atom. The van der Waals surface area contributed by atoms with Gasteiger partial charge in [0.15, 0.2) is 0 Å². The molecule has 1 atom stereocenters. The summed E-state index contributed by atoms with van der Waals surface area (Å²) in [5.41, 5.74) is 2.65. The minimum Gasteiger partial charge on any atom is -0.310 e. The monoisotopic (exact) mass is 289 g/mol. The maximum atomic E-state index is 4.20. The van der Waals surface area contributed by atoms with Crippen LogP contribution in [0, 0.1) is 0 Å². The molecule has 1 N–H and O–H groups in total. The van der Waals surface area contributed by atoms with Gasteiger partial charge in [0.25, 0.3) is 0 Å². The minimum absolute atomic E-state index is 0.414. The lowest BCUT2D eigenvalue weighted by molar-refractivity contribution is 0.597. The summed E-state index contributed by atoms with van der Waals surface area (Å²) in [6.45, 7) is 5.35. The lowest BCUT2D eigenvalue weighted by Crippen LogP contribution is -2.17. The first-order chi connectivity index (χ1) is 9.70. The molecule has 3 nitrogen and oxygen atoms in total. The predicted octanol–water partition coefficient (Wildman–Crippen LogP) is 3.43. The van der Waals surface area contributed by atoms with E-state index in [0.717, 1.165) is 18.7 Å². The molecule has 0 saturated carbocycles. The SMILES string of the molecule is CCNC(C)c1cccc(SCCc2ccnn2C)c1. The Labute approximate surface area is 125 Å². The first-order valence-electron chi connectivity index (χ1n) is 7.13. The topological polar surface area (TPSA) is 29.9 Å². The summed E-state index contributed by atoms with van der Waals surface area (Å²) in [7, 11) is 2.00. The molecule has 0 radical (unpaired) electrons. The van der Waals surface area contributed by atoms with Crippen molar-refractivity contribution in [3.8, 4) is 0 Å². The number of aromatic nitrogens is 2. The van der Waals surface area contributed by atoms with Crippen molar-refractivity contribution < 1.29 is 0 Å². The number of hydrogen-bond acceptors (Lipinski definition) is 3. The van der Waals surface area contributed by atoms with Crippen molar-refractivity contribution in [1.29, 1.82) is 0 Å². The Bertz CT molecular complexity index is 536. The summed E-state index contributed by atoms with van der Waals surface area (Å²) >= 11 is 1.91. The second kappa shape index (κ2) is 7.50. The van der Waals surface area contributed by atoms with Gasteiger partial charge in [-0.05, 0) is 43.7 Å². The van der Waals surface area contributed by atoms with Gasteiger partial charge >= 0.3 is 0 Å². The van der Waals surface area contributed by atoms with E-state index in [1.165, 1.54) is 16.2 Å². The van der Waals surface area contributed by atoms with Crippen LogP contribution in [0.4, 0.5) is 0 Å². The fraction of sp³-hybridized carbons (Fsp3) is 0.438. The molecule has 0 amide bonds. The Morgan fingerprint density at radius 1 is 1.35 bits per heavy atom. The lowest BCUT2D eigenvalue weighted by atomic mass is 10.1. The molecule has 0 spiro atoms. The number of nitrogens with one attached hydrogen (secondary N) is 1. The third-order valence-corrected chi connectivity index (χ3v) is 4.41. The van der Waals surface area contributed by atoms with Gasteiger partial charge in [0.1, 0.15) is 0 Å². The maximum absolute atomic E-state index is 4.20. The molecule has 1 aromatic carbocycles. The van der Waals surface area contributed by atoms with Crippen molar-refractivity contribution in [1.82, 2.24) is 15.1 Å². The smallest absolute Gasteiger partial charge is 0.0492 e. The van der Waals surface area contributed by atoms with Crippen molar-refractivity contribution in [3.05, 3.63) is 47.8 Å². The highest BCUT2D eigenvalue weighted by Crippen LogP contribution is 2.23. The summed E-state index contributed by atoms with van der Waals surface area (Å²) in [4.78, 5) is 1.34. The lowest BCUT2D eigenvalue weighted by Gasteiger charge is -2.13. The molecule has 2 aromatic rings. The molecule has 1 aromatic heterocycles. The van der Waals surface area contributed by atoms with Crippen LogP contribution in [0.3, 0.4) is 0 Å². The van der Waals surface area contributed by atoms with E-state index in [9.17, 15) is 0 Å². The molecule has 0 aliphatic rings. The Balaban J connectivity index is 1.90. The zero-order valence-corrected chi connectivity index (χ0v) is 13.3. The van der Waals surface area contributed by atoms with Crippen LogP contribution in [0.1, 0.15) is 31.1 Å². The van der Waals surface area contributed by atoms with Crippen LogP contribution < -0.4 is 5.32 Å². The largest absolute Gasteiger partial charge is 0.310 e. The van der Waals surface area contributed by atoms with Crippen LogP contribution in [-0.2, 0) is 13.5 Å². The standard InChI is InChI=1S/C16H23N3S/c1-4-17-13(2)14-6-5-7-16(12-14)20-11-9-15-8-10-18-19(15)3/h5-8,10,12-13,17H,4,9,11H2,1-3H3. The van der Waals surface area contributed by atoms with E-state index < -0.39 is 0 Å². The van der Waals surface area contributed by atoms with E-state index in [2.05, 4.69) is 54.6 Å². The summed E-state index contributed by atoms with van der Waals surface area (Å²) in [6.07, 6.45) is 2.91. The van der Waals surface area contributed by atoms with Crippen LogP contribution >= 0.6 is 11.8 Å². The molecule has 1 heterocycles. The number of rotatable bonds is 7. The number of hydrogen-bond donors (Lipinski definition) is 1. The average Bonchev–Trinajstić information content (AvgIpc) is 2.85. The molecule has 0 aliphatic heterocycles. The number of thioether (sulfide) groups is 1. The molecule has 0 saturated heterocycles. The van der Waals surface area contributed by atoms with Gasteiger partial charge in [-0.3, -0.25) is 4.68 Å². The van der Waals surface area contributed by atoms with Crippen molar-refractivity contribution in [2.75, 3.05) is 12.3 Å². The van der Waals surface area contributed by atoms with E-state index >= 15 is 0 Å². The Morgan fingerprint density at radius 3 is 2.90 bits per heavy atom. The van der Waals surface area contributed by atoms with E-state index in [4.69, 9.17) is 0 Å². The van der Waals surface area contributed by atoms with Gasteiger partial charge < -0.3 is 5.32 Å². The molecular weight excluding hydrogens is 266 g/mol. The van der Waals surface area contributed by atoms with Gasteiger partial charge in [-0.2, -0.15) is 5.10 Å². The zero-order chi connectivity index (χ0) is 14.4. The maximum Gasteiger partial charge on any atom is 0.0492 e. The fourth-order valence-corrected chi connectivity index (χ4v) is 3.16. The highest BCUT2D eigenvalue weighted by Gasteiger charge is 2.05. The van der Waals surface area contributed by atoms with Crippen LogP contribution in [0.2, 0.25) is 0 Å². The normalized spacial score (nSPS) is 12.6. The molecule has 0 fully saturated rings. The fourth-order valence-electron chi connectivity index (χ4n) is 2.22. The van der Waals surface area contributed by atoms with Gasteiger partial charge in [-0.25, -0.2) is 0 Å². The zero-order valence-electron chi connectivity index (χ0n) is 12.5. The first-order valence-corrected chi connectivity index (χ1v) is 8.12. The number of benzene rings is 1. The minimum atomic E-state index is 0.414. The van der Waals surface area contributed by atoms with Gasteiger partial charge in [-0.15, -0.1) is 11.8 Å². The molecule has 2 rings (SSSR count). The Hall–Kier alpha value is -1.26. The van der Waals surface area contributed by atoms with E-state index in [0.29, 0.717) is 6.04 Å². The van der Waals surface area contributed by atoms with Gasteiger partial charge in [0.05, 0.1) is 0 Å². The molecule has 108 valence electrons. The predicted molar refractivity (Wildman–Crippen MR) is 86.2 cm³/mol.